The third-order valence-corrected chi connectivity index (χ3v) is 5.36. The lowest BCUT2D eigenvalue weighted by atomic mass is 10.0. The molecule has 2 nitrogen and oxygen atoms in total. The average Bonchev–Trinajstić information content (AvgIpc) is 2.94. The summed E-state index contributed by atoms with van der Waals surface area (Å²) in [4.78, 5) is 3.89. The monoisotopic (exact) mass is 306 g/mol. The molecule has 0 bridgehead atoms. The zero-order valence-corrected chi connectivity index (χ0v) is 13.1. The molecule has 2 heterocycles. The van der Waals surface area contributed by atoms with E-state index in [0.29, 0.717) is 12.1 Å². The molecule has 2 aromatic rings. The van der Waals surface area contributed by atoms with Crippen molar-refractivity contribution in [2.45, 2.75) is 19.0 Å². The highest BCUT2D eigenvalue weighted by Gasteiger charge is 2.25. The number of hydrogen-bond donors (Lipinski definition) is 1. The number of benzene rings is 1. The molecular formula is C16H19ClN2S. The molecule has 1 aliphatic rings. The number of halogens is 1. The lowest BCUT2D eigenvalue weighted by Crippen LogP contribution is -2.46. The number of nitrogens with one attached hydrogen (secondary N) is 1. The quantitative estimate of drug-likeness (QED) is 0.918. The first-order valence-corrected chi connectivity index (χ1v) is 8.21. The van der Waals surface area contributed by atoms with Crippen LogP contribution in [0.1, 0.15) is 29.4 Å². The largest absolute Gasteiger partial charge is 0.308 e. The van der Waals surface area contributed by atoms with Crippen molar-refractivity contribution in [1.29, 1.82) is 0 Å². The number of rotatable bonds is 3. The van der Waals surface area contributed by atoms with E-state index >= 15 is 0 Å². The number of piperazine rings is 1. The minimum atomic E-state index is 0.419. The van der Waals surface area contributed by atoms with E-state index in [-0.39, 0.29) is 0 Å². The van der Waals surface area contributed by atoms with Crippen molar-refractivity contribution in [2.75, 3.05) is 19.6 Å². The van der Waals surface area contributed by atoms with Gasteiger partial charge in [-0.1, -0.05) is 41.9 Å². The van der Waals surface area contributed by atoms with Crippen molar-refractivity contribution in [3.63, 3.8) is 0 Å². The topological polar surface area (TPSA) is 15.3 Å². The summed E-state index contributed by atoms with van der Waals surface area (Å²) in [5, 5.41) is 3.61. The summed E-state index contributed by atoms with van der Waals surface area (Å²) in [5.41, 5.74) is 1.37. The van der Waals surface area contributed by atoms with Gasteiger partial charge in [0.15, 0.2) is 0 Å². The first kappa shape index (κ1) is 14.1. The van der Waals surface area contributed by atoms with E-state index < -0.39 is 0 Å². The van der Waals surface area contributed by atoms with Crippen LogP contribution in [0.2, 0.25) is 4.34 Å². The molecule has 106 valence electrons. The average molecular weight is 307 g/mol. The van der Waals surface area contributed by atoms with Crippen molar-refractivity contribution >= 4 is 22.9 Å². The fourth-order valence-corrected chi connectivity index (χ4v) is 3.91. The molecule has 4 heteroatoms. The van der Waals surface area contributed by atoms with Crippen LogP contribution in [0.4, 0.5) is 0 Å². The molecule has 2 unspecified atom stereocenters. The standard InChI is InChI=1S/C16H19ClN2S/c1-12(15-7-8-16(17)20-15)19-10-9-18-14(11-19)13-5-3-2-4-6-13/h2-8,12,14,18H,9-11H2,1H3. The van der Waals surface area contributed by atoms with Crippen LogP contribution in [0.15, 0.2) is 42.5 Å². The third-order valence-electron chi connectivity index (χ3n) is 3.96. The van der Waals surface area contributed by atoms with Crippen molar-refractivity contribution in [2.24, 2.45) is 0 Å². The minimum Gasteiger partial charge on any atom is -0.308 e. The highest BCUT2D eigenvalue weighted by Crippen LogP contribution is 2.32. The summed E-state index contributed by atoms with van der Waals surface area (Å²) in [6.07, 6.45) is 0. The molecule has 20 heavy (non-hydrogen) atoms. The van der Waals surface area contributed by atoms with Crippen LogP contribution in [-0.4, -0.2) is 24.5 Å². The molecule has 3 rings (SSSR count). The second kappa shape index (κ2) is 6.27. The van der Waals surface area contributed by atoms with Gasteiger partial charge in [-0.15, -0.1) is 11.3 Å². The maximum absolute atomic E-state index is 6.06. The predicted octanol–water partition coefficient (Wildman–Crippen LogP) is 4.11. The van der Waals surface area contributed by atoms with Gasteiger partial charge in [-0.25, -0.2) is 0 Å². The SMILES string of the molecule is CC(c1ccc(Cl)s1)N1CCNC(c2ccccc2)C1. The lowest BCUT2D eigenvalue weighted by Gasteiger charge is -2.37. The van der Waals surface area contributed by atoms with Crippen molar-refractivity contribution in [3.05, 3.63) is 57.2 Å². The third kappa shape index (κ3) is 3.07. The van der Waals surface area contributed by atoms with Gasteiger partial charge in [0.05, 0.1) is 4.34 Å². The number of thiophene rings is 1. The molecule has 1 fully saturated rings. The zero-order chi connectivity index (χ0) is 13.9. The summed E-state index contributed by atoms with van der Waals surface area (Å²) in [7, 11) is 0. The highest BCUT2D eigenvalue weighted by molar-refractivity contribution is 7.16. The molecule has 1 aliphatic heterocycles. The highest BCUT2D eigenvalue weighted by atomic mass is 35.5. The molecule has 2 atom stereocenters. The first-order valence-electron chi connectivity index (χ1n) is 7.01. The molecular weight excluding hydrogens is 288 g/mol. The van der Waals surface area contributed by atoms with Crippen LogP contribution in [0.25, 0.3) is 0 Å². The second-order valence-electron chi connectivity index (χ2n) is 5.23. The van der Waals surface area contributed by atoms with E-state index in [2.05, 4.69) is 53.5 Å². The van der Waals surface area contributed by atoms with Crippen LogP contribution >= 0.6 is 22.9 Å². The summed E-state index contributed by atoms with van der Waals surface area (Å²) >= 11 is 7.75. The normalized spacial score (nSPS) is 21.8. The Labute approximate surface area is 129 Å². The van der Waals surface area contributed by atoms with Gasteiger partial charge in [0.25, 0.3) is 0 Å². The summed E-state index contributed by atoms with van der Waals surface area (Å²) < 4.78 is 0.876. The van der Waals surface area contributed by atoms with Crippen molar-refractivity contribution in [3.8, 4) is 0 Å². The second-order valence-corrected chi connectivity index (χ2v) is 6.98. The Hall–Kier alpha value is -0.870. The van der Waals surface area contributed by atoms with Crippen LogP contribution in [0.3, 0.4) is 0 Å². The van der Waals surface area contributed by atoms with Gasteiger partial charge in [-0.3, -0.25) is 4.90 Å². The Kier molecular flexibility index (Phi) is 4.41. The van der Waals surface area contributed by atoms with Gasteiger partial charge in [0.1, 0.15) is 0 Å². The van der Waals surface area contributed by atoms with Gasteiger partial charge >= 0.3 is 0 Å². The van der Waals surface area contributed by atoms with Crippen molar-refractivity contribution < 1.29 is 0 Å². The Balaban J connectivity index is 1.72. The summed E-state index contributed by atoms with van der Waals surface area (Å²) in [6.45, 7) is 5.43. The number of hydrogen-bond acceptors (Lipinski definition) is 3. The maximum atomic E-state index is 6.06. The summed E-state index contributed by atoms with van der Waals surface area (Å²) in [5.74, 6) is 0. The zero-order valence-electron chi connectivity index (χ0n) is 11.6. The molecule has 0 radical (unpaired) electrons. The van der Waals surface area contributed by atoms with E-state index in [1.54, 1.807) is 11.3 Å². The molecule has 0 spiro atoms. The molecule has 1 aromatic heterocycles. The fraction of sp³-hybridized carbons (Fsp3) is 0.375. The van der Waals surface area contributed by atoms with Crippen LogP contribution in [0, 0.1) is 0 Å². The first-order chi connectivity index (χ1) is 9.74. The minimum absolute atomic E-state index is 0.419. The van der Waals surface area contributed by atoms with E-state index in [1.807, 2.05) is 6.07 Å². The van der Waals surface area contributed by atoms with Crippen LogP contribution < -0.4 is 5.32 Å². The maximum Gasteiger partial charge on any atom is 0.0931 e. The molecule has 1 N–H and O–H groups in total. The Morgan fingerprint density at radius 2 is 2.05 bits per heavy atom. The van der Waals surface area contributed by atoms with Gasteiger partial charge in [-0.05, 0) is 24.6 Å². The molecule has 1 saturated heterocycles. The van der Waals surface area contributed by atoms with Gasteiger partial charge in [-0.2, -0.15) is 0 Å². The Morgan fingerprint density at radius 1 is 1.25 bits per heavy atom. The van der Waals surface area contributed by atoms with Gasteiger partial charge in [0.2, 0.25) is 0 Å². The lowest BCUT2D eigenvalue weighted by molar-refractivity contribution is 0.155. The number of nitrogens with zero attached hydrogens (tertiary/aromatic N) is 1. The Morgan fingerprint density at radius 3 is 2.75 bits per heavy atom. The Bertz CT molecular complexity index is 555. The molecule has 0 amide bonds. The van der Waals surface area contributed by atoms with E-state index in [1.165, 1.54) is 10.4 Å². The van der Waals surface area contributed by atoms with E-state index in [9.17, 15) is 0 Å². The smallest absolute Gasteiger partial charge is 0.0931 e. The predicted molar refractivity (Wildman–Crippen MR) is 86.5 cm³/mol. The molecule has 0 saturated carbocycles. The van der Waals surface area contributed by atoms with E-state index in [0.717, 1.165) is 24.0 Å². The van der Waals surface area contributed by atoms with Gasteiger partial charge < -0.3 is 5.32 Å². The van der Waals surface area contributed by atoms with Crippen LogP contribution in [0.5, 0.6) is 0 Å². The fourth-order valence-electron chi connectivity index (χ4n) is 2.77. The van der Waals surface area contributed by atoms with E-state index in [4.69, 9.17) is 11.6 Å². The molecule has 0 aliphatic carbocycles. The van der Waals surface area contributed by atoms with Gasteiger partial charge in [0, 0.05) is 36.6 Å². The van der Waals surface area contributed by atoms with Crippen molar-refractivity contribution in [1.82, 2.24) is 10.2 Å². The van der Waals surface area contributed by atoms with Crippen LogP contribution in [-0.2, 0) is 0 Å². The molecule has 1 aromatic carbocycles. The summed E-state index contributed by atoms with van der Waals surface area (Å²) in [6, 6.07) is 15.7.